The maximum Gasteiger partial charge on any atom is 0.311 e. The van der Waals surface area contributed by atoms with Crippen molar-refractivity contribution in [3.8, 4) is 0 Å². The van der Waals surface area contributed by atoms with E-state index in [1.807, 2.05) is 32.9 Å². The molecule has 0 radical (unpaired) electrons. The van der Waals surface area contributed by atoms with Gasteiger partial charge in [0.1, 0.15) is 5.78 Å². The molecule has 0 aliphatic carbocycles. The Hall–Kier alpha value is -1.71. The highest BCUT2D eigenvalue weighted by Crippen LogP contribution is 2.21. The van der Waals surface area contributed by atoms with E-state index in [2.05, 4.69) is 4.98 Å². The molecule has 110 valence electrons. The van der Waals surface area contributed by atoms with Crippen LogP contribution >= 0.6 is 0 Å². The van der Waals surface area contributed by atoms with Crippen LogP contribution in [-0.2, 0) is 20.7 Å². The third-order valence-corrected chi connectivity index (χ3v) is 3.42. The summed E-state index contributed by atoms with van der Waals surface area (Å²) in [7, 11) is 0. The van der Waals surface area contributed by atoms with E-state index >= 15 is 0 Å². The highest BCUT2D eigenvalue weighted by Gasteiger charge is 2.26. The molecule has 0 saturated heterocycles. The standard InChI is InChI=1S/C16H23NO3/c1-4-16(2,3)15(19)20-11-5-6-14(18)12-13-7-9-17-10-8-13/h7-10H,4-6,11-12H2,1-3H3. The van der Waals surface area contributed by atoms with Gasteiger partial charge in [0.05, 0.1) is 12.0 Å². The lowest BCUT2D eigenvalue weighted by Gasteiger charge is -2.20. The number of carbonyl (C=O) groups is 2. The van der Waals surface area contributed by atoms with Crippen molar-refractivity contribution in [1.82, 2.24) is 4.98 Å². The van der Waals surface area contributed by atoms with Crippen molar-refractivity contribution in [2.24, 2.45) is 5.41 Å². The first-order chi connectivity index (χ1) is 9.45. The minimum Gasteiger partial charge on any atom is -0.465 e. The zero-order valence-corrected chi connectivity index (χ0v) is 12.5. The maximum atomic E-state index is 11.7. The summed E-state index contributed by atoms with van der Waals surface area (Å²) in [6.45, 7) is 6.00. The molecular formula is C16H23NO3. The second-order valence-corrected chi connectivity index (χ2v) is 5.55. The van der Waals surface area contributed by atoms with Crippen LogP contribution in [0.4, 0.5) is 0 Å². The van der Waals surface area contributed by atoms with Gasteiger partial charge in [0, 0.05) is 25.2 Å². The van der Waals surface area contributed by atoms with E-state index in [0.29, 0.717) is 25.9 Å². The number of carbonyl (C=O) groups excluding carboxylic acids is 2. The molecule has 0 aliphatic rings. The second kappa shape index (κ2) is 7.78. The van der Waals surface area contributed by atoms with Gasteiger partial charge in [-0.25, -0.2) is 0 Å². The Morgan fingerprint density at radius 3 is 2.50 bits per heavy atom. The lowest BCUT2D eigenvalue weighted by molar-refractivity contribution is -0.154. The largest absolute Gasteiger partial charge is 0.465 e. The van der Waals surface area contributed by atoms with E-state index in [1.54, 1.807) is 12.4 Å². The number of aromatic nitrogens is 1. The number of ether oxygens (including phenoxy) is 1. The number of Topliss-reactive ketones (excluding diaryl/α,β-unsaturated/α-hetero) is 1. The van der Waals surface area contributed by atoms with Gasteiger partial charge in [0.2, 0.25) is 0 Å². The molecule has 0 bridgehead atoms. The molecule has 0 saturated carbocycles. The Balaban J connectivity index is 2.21. The second-order valence-electron chi connectivity index (χ2n) is 5.55. The van der Waals surface area contributed by atoms with Crippen molar-refractivity contribution >= 4 is 11.8 Å². The van der Waals surface area contributed by atoms with Crippen molar-refractivity contribution in [2.45, 2.75) is 46.5 Å². The van der Waals surface area contributed by atoms with E-state index < -0.39 is 5.41 Å². The monoisotopic (exact) mass is 277 g/mol. The Morgan fingerprint density at radius 1 is 1.25 bits per heavy atom. The SMILES string of the molecule is CCC(C)(C)C(=O)OCCCC(=O)Cc1ccncc1. The van der Waals surface area contributed by atoms with Crippen LogP contribution in [0.5, 0.6) is 0 Å². The number of ketones is 1. The zero-order chi connectivity index (χ0) is 15.0. The summed E-state index contributed by atoms with van der Waals surface area (Å²) in [5, 5.41) is 0. The summed E-state index contributed by atoms with van der Waals surface area (Å²) >= 11 is 0. The first-order valence-electron chi connectivity index (χ1n) is 7.03. The predicted octanol–water partition coefficient (Wildman–Crippen LogP) is 2.95. The zero-order valence-electron chi connectivity index (χ0n) is 12.5. The molecule has 20 heavy (non-hydrogen) atoms. The smallest absolute Gasteiger partial charge is 0.311 e. The molecule has 4 nitrogen and oxygen atoms in total. The van der Waals surface area contributed by atoms with Gasteiger partial charge in [-0.3, -0.25) is 14.6 Å². The predicted molar refractivity (Wildman–Crippen MR) is 77.2 cm³/mol. The fourth-order valence-corrected chi connectivity index (χ4v) is 1.59. The lowest BCUT2D eigenvalue weighted by atomic mass is 9.91. The van der Waals surface area contributed by atoms with Crippen LogP contribution in [0.3, 0.4) is 0 Å². The number of hydrogen-bond acceptors (Lipinski definition) is 4. The number of rotatable bonds is 8. The van der Waals surface area contributed by atoms with Gasteiger partial charge in [-0.15, -0.1) is 0 Å². The molecule has 4 heteroatoms. The van der Waals surface area contributed by atoms with Crippen molar-refractivity contribution in [3.63, 3.8) is 0 Å². The lowest BCUT2D eigenvalue weighted by Crippen LogP contribution is -2.26. The Kier molecular flexibility index (Phi) is 6.36. The van der Waals surface area contributed by atoms with Crippen LogP contribution in [0.2, 0.25) is 0 Å². The Bertz CT molecular complexity index is 440. The van der Waals surface area contributed by atoms with Gasteiger partial charge >= 0.3 is 5.97 Å². The van der Waals surface area contributed by atoms with Crippen LogP contribution in [0.15, 0.2) is 24.5 Å². The average Bonchev–Trinajstić information content (AvgIpc) is 2.44. The Labute approximate surface area is 120 Å². The summed E-state index contributed by atoms with van der Waals surface area (Å²) in [4.78, 5) is 27.4. The van der Waals surface area contributed by atoms with Gasteiger partial charge in [-0.05, 0) is 44.4 Å². The quantitative estimate of drug-likeness (QED) is 0.541. The molecule has 0 unspecified atom stereocenters. The van der Waals surface area contributed by atoms with Crippen molar-refractivity contribution < 1.29 is 14.3 Å². The topological polar surface area (TPSA) is 56.3 Å². The van der Waals surface area contributed by atoms with Crippen molar-refractivity contribution in [3.05, 3.63) is 30.1 Å². The summed E-state index contributed by atoms with van der Waals surface area (Å²) in [6, 6.07) is 3.67. The number of nitrogens with zero attached hydrogens (tertiary/aromatic N) is 1. The fraction of sp³-hybridized carbons (Fsp3) is 0.562. The van der Waals surface area contributed by atoms with Crippen molar-refractivity contribution in [1.29, 1.82) is 0 Å². The van der Waals surface area contributed by atoms with Crippen molar-refractivity contribution in [2.75, 3.05) is 6.61 Å². The van der Waals surface area contributed by atoms with E-state index in [4.69, 9.17) is 4.74 Å². The highest BCUT2D eigenvalue weighted by molar-refractivity contribution is 5.80. The molecule has 0 spiro atoms. The first kappa shape index (κ1) is 16.3. The molecule has 0 fully saturated rings. The minimum absolute atomic E-state index is 0.155. The third kappa shape index (κ3) is 5.51. The number of hydrogen-bond donors (Lipinski definition) is 0. The molecule has 0 amide bonds. The minimum atomic E-state index is -0.443. The first-order valence-corrected chi connectivity index (χ1v) is 7.03. The Morgan fingerprint density at radius 2 is 1.90 bits per heavy atom. The van der Waals surface area contributed by atoms with Crippen LogP contribution < -0.4 is 0 Å². The molecular weight excluding hydrogens is 254 g/mol. The van der Waals surface area contributed by atoms with Gasteiger partial charge < -0.3 is 4.74 Å². The van der Waals surface area contributed by atoms with Gasteiger partial charge in [0.15, 0.2) is 0 Å². The third-order valence-electron chi connectivity index (χ3n) is 3.42. The number of esters is 1. The van der Waals surface area contributed by atoms with E-state index in [9.17, 15) is 9.59 Å². The normalized spacial score (nSPS) is 11.2. The molecule has 1 rings (SSSR count). The molecule has 0 N–H and O–H groups in total. The molecule has 0 aromatic carbocycles. The summed E-state index contributed by atoms with van der Waals surface area (Å²) in [5.41, 5.74) is 0.523. The average molecular weight is 277 g/mol. The molecule has 1 aromatic rings. The van der Waals surface area contributed by atoms with Crippen LogP contribution in [0, 0.1) is 5.41 Å². The van der Waals surface area contributed by atoms with Crippen LogP contribution in [-0.4, -0.2) is 23.3 Å². The van der Waals surface area contributed by atoms with Gasteiger partial charge in [-0.1, -0.05) is 6.92 Å². The number of pyridine rings is 1. The van der Waals surface area contributed by atoms with Gasteiger partial charge in [0.25, 0.3) is 0 Å². The van der Waals surface area contributed by atoms with Crippen LogP contribution in [0.25, 0.3) is 0 Å². The molecule has 0 atom stereocenters. The van der Waals surface area contributed by atoms with Gasteiger partial charge in [-0.2, -0.15) is 0 Å². The van der Waals surface area contributed by atoms with E-state index in [0.717, 1.165) is 12.0 Å². The van der Waals surface area contributed by atoms with E-state index in [1.165, 1.54) is 0 Å². The summed E-state index contributed by atoms with van der Waals surface area (Å²) < 4.78 is 5.20. The molecule has 1 heterocycles. The maximum absolute atomic E-state index is 11.7. The summed E-state index contributed by atoms with van der Waals surface area (Å²) in [5.74, 6) is -0.0383. The summed E-state index contributed by atoms with van der Waals surface area (Å²) in [6.07, 6.45) is 5.52. The van der Waals surface area contributed by atoms with Crippen LogP contribution in [0.1, 0.15) is 45.6 Å². The molecule has 1 aromatic heterocycles. The highest BCUT2D eigenvalue weighted by atomic mass is 16.5. The molecule has 0 aliphatic heterocycles. The van der Waals surface area contributed by atoms with E-state index in [-0.39, 0.29) is 11.8 Å². The fourth-order valence-electron chi connectivity index (χ4n) is 1.59.